The zero-order chi connectivity index (χ0) is 16.9. The zero-order valence-corrected chi connectivity index (χ0v) is 13.9. The van der Waals surface area contributed by atoms with Crippen LogP contribution < -0.4 is 14.8 Å². The summed E-state index contributed by atoms with van der Waals surface area (Å²) in [5.41, 5.74) is 1.88. The second-order valence-electron chi connectivity index (χ2n) is 4.68. The van der Waals surface area contributed by atoms with E-state index in [1.54, 1.807) is 31.6 Å². The highest BCUT2D eigenvalue weighted by Crippen LogP contribution is 2.29. The van der Waals surface area contributed by atoms with Crippen LogP contribution in [0.15, 0.2) is 35.9 Å². The van der Waals surface area contributed by atoms with Gasteiger partial charge in [0.05, 0.1) is 32.0 Å². The number of methoxy groups -OCH3 is 2. The third-order valence-corrected chi connectivity index (χ3v) is 4.20. The molecule has 0 fully saturated rings. The van der Waals surface area contributed by atoms with Crippen molar-refractivity contribution in [1.29, 1.82) is 0 Å². The number of fused-ring (bicyclic) bond motifs is 1. The summed E-state index contributed by atoms with van der Waals surface area (Å²) in [6.45, 7) is 0. The smallest absolute Gasteiger partial charge is 0.234 e. The summed E-state index contributed by atoms with van der Waals surface area (Å²) < 4.78 is 10.4. The Balaban J connectivity index is 1.67. The molecule has 0 saturated carbocycles. The van der Waals surface area contributed by atoms with Crippen LogP contribution in [0.3, 0.4) is 0 Å². The first-order valence-corrected chi connectivity index (χ1v) is 7.98. The van der Waals surface area contributed by atoms with E-state index in [-0.39, 0.29) is 11.7 Å². The molecule has 2 aromatic heterocycles. The number of ether oxygens (including phenoxy) is 2. The number of rotatable bonds is 6. The Morgan fingerprint density at radius 2 is 2.12 bits per heavy atom. The molecule has 0 radical (unpaired) electrons. The second-order valence-corrected chi connectivity index (χ2v) is 5.65. The molecule has 0 aliphatic carbocycles. The van der Waals surface area contributed by atoms with E-state index < -0.39 is 0 Å². The fraction of sp³-hybridized carbons (Fsp3) is 0.200. The molecule has 2 N–H and O–H groups in total. The van der Waals surface area contributed by atoms with Gasteiger partial charge in [0.1, 0.15) is 28.4 Å². The Hall–Kier alpha value is -2.81. The van der Waals surface area contributed by atoms with Gasteiger partial charge in [0.25, 0.3) is 0 Å². The van der Waals surface area contributed by atoms with E-state index >= 15 is 0 Å². The van der Waals surface area contributed by atoms with Crippen LogP contribution in [-0.2, 0) is 4.79 Å². The normalized spacial score (nSPS) is 10.6. The molecule has 124 valence electrons. The third-order valence-electron chi connectivity index (χ3n) is 3.21. The highest BCUT2D eigenvalue weighted by molar-refractivity contribution is 8.00. The quantitative estimate of drug-likeness (QED) is 0.521. The molecule has 1 amide bonds. The first kappa shape index (κ1) is 16.1. The van der Waals surface area contributed by atoms with Gasteiger partial charge in [-0.3, -0.25) is 4.79 Å². The predicted molar refractivity (Wildman–Crippen MR) is 90.6 cm³/mol. The van der Waals surface area contributed by atoms with Crippen molar-refractivity contribution in [2.75, 3.05) is 25.3 Å². The average molecular weight is 345 g/mol. The Morgan fingerprint density at radius 3 is 2.92 bits per heavy atom. The Kier molecular flexibility index (Phi) is 4.80. The first-order chi connectivity index (χ1) is 11.7. The van der Waals surface area contributed by atoms with Crippen molar-refractivity contribution >= 4 is 34.5 Å². The number of amides is 1. The number of H-pyrrole nitrogens is 1. The van der Waals surface area contributed by atoms with Crippen molar-refractivity contribution in [2.24, 2.45) is 0 Å². The number of aromatic amines is 1. The summed E-state index contributed by atoms with van der Waals surface area (Å²) in [6, 6.07) is 5.20. The monoisotopic (exact) mass is 345 g/mol. The number of carbonyl (C=O) groups excluding carboxylic acids is 1. The van der Waals surface area contributed by atoms with Crippen LogP contribution in [0.4, 0.5) is 5.69 Å². The van der Waals surface area contributed by atoms with E-state index in [2.05, 4.69) is 25.3 Å². The molecule has 9 heteroatoms. The van der Waals surface area contributed by atoms with E-state index in [1.807, 2.05) is 0 Å². The molecule has 0 aliphatic heterocycles. The van der Waals surface area contributed by atoms with E-state index in [0.29, 0.717) is 27.9 Å². The lowest BCUT2D eigenvalue weighted by Gasteiger charge is -2.11. The molecule has 2 heterocycles. The predicted octanol–water partition coefficient (Wildman–Crippen LogP) is 2.10. The highest BCUT2D eigenvalue weighted by Gasteiger charge is 2.12. The number of aromatic nitrogens is 4. The zero-order valence-electron chi connectivity index (χ0n) is 13.1. The summed E-state index contributed by atoms with van der Waals surface area (Å²) in [5.74, 6) is 1.21. The van der Waals surface area contributed by atoms with Gasteiger partial charge in [-0.25, -0.2) is 15.0 Å². The Morgan fingerprint density at radius 1 is 1.25 bits per heavy atom. The highest BCUT2D eigenvalue weighted by atomic mass is 32.2. The molecule has 3 aromatic rings. The minimum Gasteiger partial charge on any atom is -0.497 e. The summed E-state index contributed by atoms with van der Waals surface area (Å²) in [6.07, 6.45) is 2.97. The Labute approximate surface area is 142 Å². The van der Waals surface area contributed by atoms with Crippen LogP contribution in [0.5, 0.6) is 11.5 Å². The van der Waals surface area contributed by atoms with Crippen molar-refractivity contribution in [1.82, 2.24) is 19.9 Å². The molecule has 8 nitrogen and oxygen atoms in total. The van der Waals surface area contributed by atoms with E-state index in [1.165, 1.54) is 25.2 Å². The maximum atomic E-state index is 12.2. The summed E-state index contributed by atoms with van der Waals surface area (Å²) in [5, 5.41) is 3.49. The van der Waals surface area contributed by atoms with Crippen molar-refractivity contribution in [3.63, 3.8) is 0 Å². The number of hydrogen-bond donors (Lipinski definition) is 2. The average Bonchev–Trinajstić information content (AvgIpc) is 3.09. The maximum Gasteiger partial charge on any atom is 0.234 e. The van der Waals surface area contributed by atoms with Crippen LogP contribution in [0.2, 0.25) is 0 Å². The van der Waals surface area contributed by atoms with Crippen LogP contribution in [0.25, 0.3) is 11.2 Å². The number of anilines is 1. The van der Waals surface area contributed by atoms with Crippen molar-refractivity contribution < 1.29 is 14.3 Å². The van der Waals surface area contributed by atoms with Gasteiger partial charge in [0, 0.05) is 6.07 Å². The molecule has 0 atom stereocenters. The largest absolute Gasteiger partial charge is 0.497 e. The number of nitrogens with zero attached hydrogens (tertiary/aromatic N) is 3. The summed E-state index contributed by atoms with van der Waals surface area (Å²) in [4.78, 5) is 27.4. The number of nitrogens with one attached hydrogen (secondary N) is 2. The fourth-order valence-corrected chi connectivity index (χ4v) is 2.83. The van der Waals surface area contributed by atoms with Gasteiger partial charge >= 0.3 is 0 Å². The fourth-order valence-electron chi connectivity index (χ4n) is 2.07. The number of hydrogen-bond acceptors (Lipinski definition) is 7. The van der Waals surface area contributed by atoms with Gasteiger partial charge in [0.15, 0.2) is 5.65 Å². The van der Waals surface area contributed by atoms with Gasteiger partial charge in [-0.05, 0) is 12.1 Å². The van der Waals surface area contributed by atoms with Crippen molar-refractivity contribution in [3.05, 3.63) is 30.9 Å². The lowest BCUT2D eigenvalue weighted by molar-refractivity contribution is -0.113. The lowest BCUT2D eigenvalue weighted by atomic mass is 10.2. The van der Waals surface area contributed by atoms with Crippen molar-refractivity contribution in [2.45, 2.75) is 5.03 Å². The molecule has 3 rings (SSSR count). The lowest BCUT2D eigenvalue weighted by Crippen LogP contribution is -2.14. The molecule has 0 bridgehead atoms. The minimum atomic E-state index is -0.172. The van der Waals surface area contributed by atoms with E-state index in [9.17, 15) is 4.79 Å². The van der Waals surface area contributed by atoms with Crippen LogP contribution in [0.1, 0.15) is 0 Å². The van der Waals surface area contributed by atoms with Gasteiger partial charge < -0.3 is 19.8 Å². The molecular formula is C15H15N5O3S. The molecule has 1 aromatic carbocycles. The van der Waals surface area contributed by atoms with E-state index in [4.69, 9.17) is 9.47 Å². The summed E-state index contributed by atoms with van der Waals surface area (Å²) >= 11 is 1.30. The van der Waals surface area contributed by atoms with E-state index in [0.717, 1.165) is 5.52 Å². The van der Waals surface area contributed by atoms with Gasteiger partial charge in [0.2, 0.25) is 5.91 Å². The van der Waals surface area contributed by atoms with Crippen LogP contribution in [-0.4, -0.2) is 45.8 Å². The van der Waals surface area contributed by atoms with Gasteiger partial charge in [-0.1, -0.05) is 11.8 Å². The number of benzene rings is 1. The molecular weight excluding hydrogens is 330 g/mol. The molecule has 0 unspecified atom stereocenters. The number of thioether (sulfide) groups is 1. The van der Waals surface area contributed by atoms with Gasteiger partial charge in [-0.2, -0.15) is 0 Å². The minimum absolute atomic E-state index is 0.172. The maximum absolute atomic E-state index is 12.2. The van der Waals surface area contributed by atoms with Gasteiger partial charge in [-0.15, -0.1) is 0 Å². The molecule has 0 aliphatic rings. The van der Waals surface area contributed by atoms with Crippen LogP contribution >= 0.6 is 11.8 Å². The topological polar surface area (TPSA) is 102 Å². The second kappa shape index (κ2) is 7.18. The van der Waals surface area contributed by atoms with Crippen molar-refractivity contribution in [3.8, 4) is 11.5 Å². The third kappa shape index (κ3) is 3.40. The number of carbonyl (C=O) groups is 1. The standard InChI is InChI=1S/C15H15N5O3S/c1-22-9-3-4-10(11(5-9)23-2)20-12(21)6-24-15-13-14(17-7-16-13)18-8-19-15/h3-5,7-8H,6H2,1-2H3,(H,20,21)(H,16,17,18,19). The Bertz CT molecular complexity index is 867. The van der Waals surface area contributed by atoms with Crippen LogP contribution in [0, 0.1) is 0 Å². The molecule has 0 spiro atoms. The first-order valence-electron chi connectivity index (χ1n) is 7.00. The SMILES string of the molecule is COc1ccc(NC(=O)CSc2ncnc3nc[nH]c23)c(OC)c1. The molecule has 0 saturated heterocycles. The summed E-state index contributed by atoms with van der Waals surface area (Å²) in [7, 11) is 3.11. The number of imidazole rings is 1. The molecule has 24 heavy (non-hydrogen) atoms.